The maximum absolute atomic E-state index is 2.42. The molecule has 8 aromatic rings. The van der Waals surface area contributed by atoms with E-state index in [0.29, 0.717) is 0 Å². The first-order valence-corrected chi connectivity index (χ1v) is 15.9. The molecule has 9 rings (SSSR count). The van der Waals surface area contributed by atoms with Gasteiger partial charge in [0.1, 0.15) is 0 Å². The van der Waals surface area contributed by atoms with Gasteiger partial charge in [-0.15, -0.1) is 0 Å². The zero-order valence-electron chi connectivity index (χ0n) is 25.5. The van der Waals surface area contributed by atoms with Crippen molar-refractivity contribution in [2.45, 2.75) is 19.3 Å². The zero-order chi connectivity index (χ0) is 30.1. The molecule has 0 unspecified atom stereocenters. The van der Waals surface area contributed by atoms with Crippen LogP contribution in [0.5, 0.6) is 0 Å². The first kappa shape index (κ1) is 26.0. The highest BCUT2D eigenvalue weighted by molar-refractivity contribution is 6.23. The van der Waals surface area contributed by atoms with Crippen molar-refractivity contribution < 1.29 is 0 Å². The summed E-state index contributed by atoms with van der Waals surface area (Å²) in [7, 11) is 0. The molecule has 212 valence electrons. The molecule has 0 heteroatoms. The Morgan fingerprint density at radius 2 is 0.822 bits per heavy atom. The molecular formula is C45H32. The smallest absolute Gasteiger partial charge is 0.0165 e. The molecule has 0 radical (unpaired) electrons. The monoisotopic (exact) mass is 572 g/mol. The molecule has 0 nitrogen and oxygen atoms in total. The molecule has 0 spiro atoms. The fourth-order valence-corrected chi connectivity index (χ4v) is 8.05. The molecule has 0 N–H and O–H groups in total. The summed E-state index contributed by atoms with van der Waals surface area (Å²) in [6.45, 7) is 4.82. The average molecular weight is 573 g/mol. The largest absolute Gasteiger partial charge is 0.0622 e. The summed E-state index contributed by atoms with van der Waals surface area (Å²) in [4.78, 5) is 0. The van der Waals surface area contributed by atoms with Crippen LogP contribution < -0.4 is 0 Å². The van der Waals surface area contributed by atoms with Gasteiger partial charge < -0.3 is 0 Å². The lowest BCUT2D eigenvalue weighted by molar-refractivity contribution is 0.663. The molecule has 45 heavy (non-hydrogen) atoms. The maximum atomic E-state index is 2.42. The number of hydrogen-bond donors (Lipinski definition) is 0. The molecule has 0 amide bonds. The molecule has 8 aromatic carbocycles. The predicted octanol–water partition coefficient (Wildman–Crippen LogP) is 12.5. The average Bonchev–Trinajstić information content (AvgIpc) is 3.32. The van der Waals surface area contributed by atoms with Gasteiger partial charge in [-0.3, -0.25) is 0 Å². The molecule has 1 aliphatic rings. The van der Waals surface area contributed by atoms with E-state index in [1.165, 1.54) is 88.0 Å². The van der Waals surface area contributed by atoms with Crippen molar-refractivity contribution in [3.05, 3.63) is 169 Å². The van der Waals surface area contributed by atoms with Gasteiger partial charge in [-0.25, -0.2) is 0 Å². The van der Waals surface area contributed by atoms with Crippen LogP contribution in [0.4, 0.5) is 0 Å². The summed E-state index contributed by atoms with van der Waals surface area (Å²) in [5.41, 5.74) is 13.1. The molecule has 0 aliphatic heterocycles. The molecule has 0 saturated carbocycles. The zero-order valence-corrected chi connectivity index (χ0v) is 25.5. The van der Waals surface area contributed by atoms with Crippen molar-refractivity contribution in [2.75, 3.05) is 0 Å². The van der Waals surface area contributed by atoms with Gasteiger partial charge in [-0.1, -0.05) is 159 Å². The van der Waals surface area contributed by atoms with E-state index in [1.54, 1.807) is 0 Å². The Morgan fingerprint density at radius 1 is 0.356 bits per heavy atom. The number of hydrogen-bond acceptors (Lipinski definition) is 0. The minimum Gasteiger partial charge on any atom is -0.0622 e. The van der Waals surface area contributed by atoms with Gasteiger partial charge in [-0.05, 0) is 100 Å². The van der Waals surface area contributed by atoms with Gasteiger partial charge in [0, 0.05) is 5.41 Å². The van der Waals surface area contributed by atoms with Gasteiger partial charge in [0.2, 0.25) is 0 Å². The standard InChI is InChI=1S/C45H32/c1-45(2)41-28-31-18-7-6-17-30(31)27-40(41)38-25-14-26-39(44(38)45)43-36-23-12-10-21-34(36)42(35-22-11-13-24-37(35)43)33-20-9-8-19-32(33)29-15-4-3-5-16-29/h3-28H,1-2H3. The third-order valence-electron chi connectivity index (χ3n) is 10.0. The second-order valence-electron chi connectivity index (χ2n) is 12.9. The molecule has 0 fully saturated rings. The Morgan fingerprint density at radius 3 is 1.47 bits per heavy atom. The highest BCUT2D eigenvalue weighted by atomic mass is 14.4. The Bertz CT molecular complexity index is 2390. The normalized spacial score (nSPS) is 13.3. The third-order valence-corrected chi connectivity index (χ3v) is 10.0. The van der Waals surface area contributed by atoms with Crippen LogP contribution in [0.3, 0.4) is 0 Å². The number of benzene rings is 8. The van der Waals surface area contributed by atoms with Crippen LogP contribution in [0.15, 0.2) is 158 Å². The van der Waals surface area contributed by atoms with Gasteiger partial charge in [0.15, 0.2) is 0 Å². The lowest BCUT2D eigenvalue weighted by Gasteiger charge is -2.26. The Balaban J connectivity index is 1.38. The van der Waals surface area contributed by atoms with E-state index in [1.807, 2.05) is 0 Å². The molecular weight excluding hydrogens is 540 g/mol. The van der Waals surface area contributed by atoms with Crippen LogP contribution in [0.25, 0.3) is 76.8 Å². The van der Waals surface area contributed by atoms with E-state index in [4.69, 9.17) is 0 Å². The van der Waals surface area contributed by atoms with Gasteiger partial charge in [0.25, 0.3) is 0 Å². The Hall–Kier alpha value is -5.46. The van der Waals surface area contributed by atoms with Crippen LogP contribution >= 0.6 is 0 Å². The summed E-state index contributed by atoms with van der Waals surface area (Å²) in [5.74, 6) is 0. The van der Waals surface area contributed by atoms with E-state index < -0.39 is 0 Å². The predicted molar refractivity (Wildman–Crippen MR) is 193 cm³/mol. The fraction of sp³-hybridized carbons (Fsp3) is 0.0667. The lowest BCUT2D eigenvalue weighted by atomic mass is 9.76. The topological polar surface area (TPSA) is 0 Å². The summed E-state index contributed by atoms with van der Waals surface area (Å²) >= 11 is 0. The number of fused-ring (bicyclic) bond motifs is 6. The molecule has 0 aromatic heterocycles. The summed E-state index contributed by atoms with van der Waals surface area (Å²) in [6, 6.07) is 58.3. The second-order valence-corrected chi connectivity index (χ2v) is 12.9. The van der Waals surface area contributed by atoms with Crippen LogP contribution in [0.1, 0.15) is 25.0 Å². The molecule has 0 atom stereocenters. The van der Waals surface area contributed by atoms with Crippen molar-refractivity contribution in [1.29, 1.82) is 0 Å². The highest BCUT2D eigenvalue weighted by Crippen LogP contribution is 2.55. The van der Waals surface area contributed by atoms with Gasteiger partial charge >= 0.3 is 0 Å². The summed E-state index contributed by atoms with van der Waals surface area (Å²) in [6.07, 6.45) is 0. The minimum atomic E-state index is -0.147. The molecule has 1 aliphatic carbocycles. The van der Waals surface area contributed by atoms with E-state index in [-0.39, 0.29) is 5.41 Å². The van der Waals surface area contributed by atoms with Crippen LogP contribution in [0.2, 0.25) is 0 Å². The highest BCUT2D eigenvalue weighted by Gasteiger charge is 2.38. The third kappa shape index (κ3) is 3.79. The van der Waals surface area contributed by atoms with Crippen molar-refractivity contribution in [3.63, 3.8) is 0 Å². The second kappa shape index (κ2) is 9.78. The van der Waals surface area contributed by atoms with E-state index >= 15 is 0 Å². The SMILES string of the molecule is CC1(C)c2cc3ccccc3cc2-c2cccc(-c3c4ccccc4c(-c4ccccc4-c4ccccc4)c4ccccc34)c21. The van der Waals surface area contributed by atoms with Crippen LogP contribution in [-0.4, -0.2) is 0 Å². The quantitative estimate of drug-likeness (QED) is 0.185. The van der Waals surface area contributed by atoms with Crippen molar-refractivity contribution >= 4 is 32.3 Å². The number of rotatable bonds is 3. The minimum absolute atomic E-state index is 0.147. The maximum Gasteiger partial charge on any atom is 0.0165 e. The summed E-state index contributed by atoms with van der Waals surface area (Å²) < 4.78 is 0. The van der Waals surface area contributed by atoms with Crippen molar-refractivity contribution in [1.82, 2.24) is 0 Å². The molecule has 0 saturated heterocycles. The van der Waals surface area contributed by atoms with Crippen molar-refractivity contribution in [3.8, 4) is 44.5 Å². The van der Waals surface area contributed by atoms with Crippen LogP contribution in [0, 0.1) is 0 Å². The van der Waals surface area contributed by atoms with Crippen LogP contribution in [-0.2, 0) is 5.41 Å². The van der Waals surface area contributed by atoms with E-state index in [0.717, 1.165) is 0 Å². The Labute approximate surface area is 264 Å². The fourth-order valence-electron chi connectivity index (χ4n) is 8.05. The van der Waals surface area contributed by atoms with Gasteiger partial charge in [0.05, 0.1) is 0 Å². The summed E-state index contributed by atoms with van der Waals surface area (Å²) in [5, 5.41) is 7.75. The van der Waals surface area contributed by atoms with E-state index in [2.05, 4.69) is 172 Å². The van der Waals surface area contributed by atoms with E-state index in [9.17, 15) is 0 Å². The molecule has 0 heterocycles. The van der Waals surface area contributed by atoms with Gasteiger partial charge in [-0.2, -0.15) is 0 Å². The van der Waals surface area contributed by atoms with Crippen molar-refractivity contribution in [2.24, 2.45) is 0 Å². The Kier molecular flexibility index (Phi) is 5.64. The lowest BCUT2D eigenvalue weighted by Crippen LogP contribution is -2.16. The first-order valence-electron chi connectivity index (χ1n) is 15.9. The first-order chi connectivity index (χ1) is 22.1. The molecule has 0 bridgehead atoms.